The summed E-state index contributed by atoms with van der Waals surface area (Å²) >= 11 is 0. The fraction of sp³-hybridized carbons (Fsp3) is 0.0870. The van der Waals surface area contributed by atoms with Crippen LogP contribution < -0.4 is 9.64 Å². The number of hydrogen-bond donors (Lipinski definition) is 0. The molecule has 0 N–H and O–H groups in total. The maximum absolute atomic E-state index is 5.59. The van der Waals surface area contributed by atoms with E-state index in [4.69, 9.17) is 9.26 Å². The summed E-state index contributed by atoms with van der Waals surface area (Å²) in [4.78, 5) is 2.10. The van der Waals surface area contributed by atoms with Crippen LogP contribution in [0.3, 0.4) is 0 Å². The van der Waals surface area contributed by atoms with Gasteiger partial charge in [0, 0.05) is 17.8 Å². The second-order valence-electron chi connectivity index (χ2n) is 6.57. The molecule has 0 spiro atoms. The van der Waals surface area contributed by atoms with Gasteiger partial charge in [0.1, 0.15) is 11.1 Å². The quantitative estimate of drug-likeness (QED) is 0.378. The lowest BCUT2D eigenvalue weighted by molar-refractivity contribution is 0.419. The number of fused-ring (bicyclic) bond motifs is 3. The molecule has 0 unspecified atom stereocenters. The van der Waals surface area contributed by atoms with Crippen molar-refractivity contribution in [3.63, 3.8) is 0 Å². The van der Waals surface area contributed by atoms with E-state index in [2.05, 4.69) is 64.7 Å². The first-order valence-corrected chi connectivity index (χ1v) is 8.84. The third-order valence-corrected chi connectivity index (χ3v) is 5.06. The van der Waals surface area contributed by atoms with Crippen molar-refractivity contribution in [1.82, 2.24) is 5.16 Å². The second kappa shape index (κ2) is 6.02. The molecule has 27 heavy (non-hydrogen) atoms. The molecule has 0 saturated heterocycles. The van der Waals surface area contributed by atoms with E-state index in [9.17, 15) is 0 Å². The Morgan fingerprint density at radius 1 is 0.852 bits per heavy atom. The number of benzene rings is 4. The minimum atomic E-state index is 0.709. The number of hydrogen-bond acceptors (Lipinski definition) is 4. The van der Waals surface area contributed by atoms with Crippen molar-refractivity contribution in [2.75, 3.05) is 19.1 Å². The van der Waals surface area contributed by atoms with Crippen LogP contribution in [0, 0.1) is 0 Å². The SMILES string of the molecule is COc1cccc2onc(N(C)c3c4ccccc4cc4ccccc34)c12. The van der Waals surface area contributed by atoms with Crippen LogP contribution in [-0.2, 0) is 0 Å². The van der Waals surface area contributed by atoms with E-state index in [0.29, 0.717) is 5.58 Å². The molecule has 1 heterocycles. The van der Waals surface area contributed by atoms with Crippen LogP contribution in [0.5, 0.6) is 5.75 Å². The van der Waals surface area contributed by atoms with E-state index in [0.717, 1.165) is 22.6 Å². The van der Waals surface area contributed by atoms with E-state index in [1.54, 1.807) is 7.11 Å². The van der Waals surface area contributed by atoms with Gasteiger partial charge in [0.2, 0.25) is 0 Å². The summed E-state index contributed by atoms with van der Waals surface area (Å²) in [5.41, 5.74) is 1.81. The minimum Gasteiger partial charge on any atom is -0.496 e. The molecule has 0 amide bonds. The van der Waals surface area contributed by atoms with Gasteiger partial charge in [-0.15, -0.1) is 0 Å². The van der Waals surface area contributed by atoms with Gasteiger partial charge in [0.15, 0.2) is 11.4 Å². The van der Waals surface area contributed by atoms with Crippen LogP contribution in [0.4, 0.5) is 11.5 Å². The topological polar surface area (TPSA) is 38.5 Å². The molecule has 4 heteroatoms. The molecule has 132 valence electrons. The predicted octanol–water partition coefficient (Wildman–Crippen LogP) is 5.91. The molecule has 0 saturated carbocycles. The first kappa shape index (κ1) is 15.7. The van der Waals surface area contributed by atoms with Gasteiger partial charge < -0.3 is 14.2 Å². The summed E-state index contributed by atoms with van der Waals surface area (Å²) < 4.78 is 11.1. The molecule has 0 aliphatic rings. The van der Waals surface area contributed by atoms with Crippen molar-refractivity contribution >= 4 is 44.0 Å². The van der Waals surface area contributed by atoms with Crippen molar-refractivity contribution in [2.24, 2.45) is 0 Å². The number of rotatable bonds is 3. The van der Waals surface area contributed by atoms with E-state index >= 15 is 0 Å². The van der Waals surface area contributed by atoms with Gasteiger partial charge in [-0.1, -0.05) is 59.8 Å². The third-order valence-electron chi connectivity index (χ3n) is 5.06. The zero-order valence-corrected chi connectivity index (χ0v) is 15.1. The largest absolute Gasteiger partial charge is 0.496 e. The molecule has 5 aromatic rings. The van der Waals surface area contributed by atoms with E-state index in [-0.39, 0.29) is 0 Å². The third kappa shape index (κ3) is 2.34. The van der Waals surface area contributed by atoms with Crippen LogP contribution in [0.2, 0.25) is 0 Å². The zero-order chi connectivity index (χ0) is 18.4. The molecular weight excluding hydrogens is 336 g/mol. The first-order chi connectivity index (χ1) is 13.3. The lowest BCUT2D eigenvalue weighted by atomic mass is 10.00. The number of aromatic nitrogens is 1. The Morgan fingerprint density at radius 2 is 1.52 bits per heavy atom. The standard InChI is InChI=1S/C23H18N2O2/c1-25(23-21-19(26-2)12-7-13-20(21)27-24-23)22-17-10-5-3-8-15(17)14-16-9-4-6-11-18(16)22/h3-14H,1-2H3. The summed E-state index contributed by atoms with van der Waals surface area (Å²) in [6.07, 6.45) is 0. The van der Waals surface area contributed by atoms with E-state index in [1.807, 2.05) is 25.2 Å². The van der Waals surface area contributed by atoms with Gasteiger partial charge in [-0.2, -0.15) is 0 Å². The van der Waals surface area contributed by atoms with Crippen molar-refractivity contribution in [1.29, 1.82) is 0 Å². The van der Waals surface area contributed by atoms with E-state index < -0.39 is 0 Å². The Bertz CT molecular complexity index is 1240. The van der Waals surface area contributed by atoms with Gasteiger partial charge in [-0.3, -0.25) is 0 Å². The van der Waals surface area contributed by atoms with Crippen molar-refractivity contribution < 1.29 is 9.26 Å². The maximum Gasteiger partial charge on any atom is 0.187 e. The number of nitrogens with zero attached hydrogens (tertiary/aromatic N) is 2. The molecule has 1 aromatic heterocycles. The Kier molecular flexibility index (Phi) is 3.50. The molecule has 4 nitrogen and oxygen atoms in total. The summed E-state index contributed by atoms with van der Waals surface area (Å²) in [5, 5.41) is 9.97. The molecule has 5 rings (SSSR count). The van der Waals surface area contributed by atoms with Crippen LogP contribution in [0.1, 0.15) is 0 Å². The fourth-order valence-corrected chi connectivity index (χ4v) is 3.80. The minimum absolute atomic E-state index is 0.709. The highest BCUT2D eigenvalue weighted by Crippen LogP contribution is 2.42. The van der Waals surface area contributed by atoms with Crippen molar-refractivity contribution in [2.45, 2.75) is 0 Å². The molecule has 0 aliphatic heterocycles. The average molecular weight is 354 g/mol. The smallest absolute Gasteiger partial charge is 0.187 e. The Morgan fingerprint density at radius 3 is 2.19 bits per heavy atom. The summed E-state index contributed by atoms with van der Waals surface area (Å²) in [6.45, 7) is 0. The molecule has 0 radical (unpaired) electrons. The fourth-order valence-electron chi connectivity index (χ4n) is 3.80. The number of anilines is 2. The molecule has 0 bridgehead atoms. The van der Waals surface area contributed by atoms with Crippen LogP contribution in [0.25, 0.3) is 32.5 Å². The summed E-state index contributed by atoms with van der Waals surface area (Å²) in [5.74, 6) is 1.49. The maximum atomic E-state index is 5.59. The first-order valence-electron chi connectivity index (χ1n) is 8.84. The summed E-state index contributed by atoms with van der Waals surface area (Å²) in [7, 11) is 3.69. The average Bonchev–Trinajstić information content (AvgIpc) is 3.16. The predicted molar refractivity (Wildman–Crippen MR) is 110 cm³/mol. The molecule has 4 aromatic carbocycles. The van der Waals surface area contributed by atoms with E-state index in [1.165, 1.54) is 21.5 Å². The van der Waals surface area contributed by atoms with Crippen molar-refractivity contribution in [3.8, 4) is 5.75 Å². The zero-order valence-electron chi connectivity index (χ0n) is 15.1. The van der Waals surface area contributed by atoms with Gasteiger partial charge in [-0.25, -0.2) is 0 Å². The van der Waals surface area contributed by atoms with Crippen LogP contribution in [-0.4, -0.2) is 19.3 Å². The number of ether oxygens (including phenoxy) is 1. The monoisotopic (exact) mass is 354 g/mol. The Labute approximate surface area is 156 Å². The molecular formula is C23H18N2O2. The van der Waals surface area contributed by atoms with Gasteiger partial charge in [0.25, 0.3) is 0 Å². The second-order valence-corrected chi connectivity index (χ2v) is 6.57. The molecule has 0 aliphatic carbocycles. The Hall–Kier alpha value is -3.53. The lowest BCUT2D eigenvalue weighted by Gasteiger charge is -2.21. The molecule has 0 fully saturated rings. The molecule has 0 atom stereocenters. The highest BCUT2D eigenvalue weighted by Gasteiger charge is 2.20. The highest BCUT2D eigenvalue weighted by molar-refractivity contribution is 6.13. The van der Waals surface area contributed by atoms with Gasteiger partial charge >= 0.3 is 0 Å². The van der Waals surface area contributed by atoms with Crippen molar-refractivity contribution in [3.05, 3.63) is 72.8 Å². The Balaban J connectivity index is 1.85. The van der Waals surface area contributed by atoms with Crippen LogP contribution in [0.15, 0.2) is 77.3 Å². The van der Waals surface area contributed by atoms with Gasteiger partial charge in [-0.05, 0) is 29.0 Å². The van der Waals surface area contributed by atoms with Gasteiger partial charge in [0.05, 0.1) is 12.8 Å². The van der Waals surface area contributed by atoms with Crippen LogP contribution >= 0.6 is 0 Å². The highest BCUT2D eigenvalue weighted by atomic mass is 16.5. The lowest BCUT2D eigenvalue weighted by Crippen LogP contribution is -2.11. The normalized spacial score (nSPS) is 11.3. The summed E-state index contributed by atoms with van der Waals surface area (Å²) in [6, 6.07) is 24.8. The number of methoxy groups -OCH3 is 1.